The van der Waals surface area contributed by atoms with Crippen molar-refractivity contribution in [2.75, 3.05) is 26.2 Å². The normalized spacial score (nSPS) is 19.6. The Bertz CT molecular complexity index is 631. The summed E-state index contributed by atoms with van der Waals surface area (Å²) in [6.45, 7) is 2.50. The summed E-state index contributed by atoms with van der Waals surface area (Å²) in [5, 5.41) is 3.42. The van der Waals surface area contributed by atoms with Gasteiger partial charge >= 0.3 is 0 Å². The number of rotatable bonds is 2. The smallest absolute Gasteiger partial charge is 0.255 e. The number of carbonyl (C=O) groups excluding carboxylic acids is 2. The lowest BCUT2D eigenvalue weighted by Crippen LogP contribution is -2.34. The van der Waals surface area contributed by atoms with E-state index in [0.717, 1.165) is 25.8 Å². The number of carbonyl (C=O) groups is 2. The first kappa shape index (κ1) is 18.1. The molecule has 25 heavy (non-hydrogen) atoms. The van der Waals surface area contributed by atoms with Crippen molar-refractivity contribution in [1.82, 2.24) is 10.2 Å². The van der Waals surface area contributed by atoms with Crippen LogP contribution in [-0.4, -0.2) is 43.0 Å². The first-order valence-electron chi connectivity index (χ1n) is 9.12. The molecular formula is C19H25ClN2O3. The molecule has 0 aromatic heterocycles. The lowest BCUT2D eigenvalue weighted by molar-refractivity contribution is -0.131. The van der Waals surface area contributed by atoms with Gasteiger partial charge in [-0.3, -0.25) is 9.59 Å². The van der Waals surface area contributed by atoms with Crippen molar-refractivity contribution in [3.63, 3.8) is 0 Å². The van der Waals surface area contributed by atoms with E-state index in [2.05, 4.69) is 5.32 Å². The third-order valence-electron chi connectivity index (χ3n) is 4.67. The second-order valence-electron chi connectivity index (χ2n) is 6.83. The second kappa shape index (κ2) is 8.56. The average molecular weight is 365 g/mol. The zero-order chi connectivity index (χ0) is 17.6. The summed E-state index contributed by atoms with van der Waals surface area (Å²) in [4.78, 5) is 26.7. The fraction of sp³-hybridized carbons (Fsp3) is 0.579. The van der Waals surface area contributed by atoms with Gasteiger partial charge in [0.1, 0.15) is 5.75 Å². The maximum atomic E-state index is 12.4. The summed E-state index contributed by atoms with van der Waals surface area (Å²) in [7, 11) is 0. The molecule has 0 bridgehead atoms. The Kier molecular flexibility index (Phi) is 6.19. The quantitative estimate of drug-likeness (QED) is 0.876. The van der Waals surface area contributed by atoms with E-state index in [9.17, 15) is 9.59 Å². The van der Waals surface area contributed by atoms with Gasteiger partial charge < -0.3 is 15.0 Å². The maximum absolute atomic E-state index is 12.4. The van der Waals surface area contributed by atoms with E-state index >= 15 is 0 Å². The fourth-order valence-electron chi connectivity index (χ4n) is 3.03. The number of nitrogens with one attached hydrogen (secondary N) is 1. The average Bonchev–Trinajstić information content (AvgIpc) is 3.40. The van der Waals surface area contributed by atoms with Gasteiger partial charge in [-0.1, -0.05) is 11.6 Å². The molecule has 6 heteroatoms. The molecule has 0 saturated heterocycles. The predicted molar refractivity (Wildman–Crippen MR) is 97.1 cm³/mol. The van der Waals surface area contributed by atoms with Gasteiger partial charge in [0.05, 0.1) is 12.2 Å². The van der Waals surface area contributed by atoms with Gasteiger partial charge in [0.2, 0.25) is 5.91 Å². The maximum Gasteiger partial charge on any atom is 0.255 e. The lowest BCUT2D eigenvalue weighted by atomic mass is 10.2. The number of benzene rings is 1. The van der Waals surface area contributed by atoms with Crippen LogP contribution in [0, 0.1) is 5.92 Å². The van der Waals surface area contributed by atoms with Crippen molar-refractivity contribution in [3.05, 3.63) is 28.8 Å². The van der Waals surface area contributed by atoms with E-state index in [4.69, 9.17) is 16.3 Å². The molecule has 1 saturated carbocycles. The molecule has 0 radical (unpaired) electrons. The van der Waals surface area contributed by atoms with Crippen molar-refractivity contribution >= 4 is 23.4 Å². The van der Waals surface area contributed by atoms with Gasteiger partial charge in [0.25, 0.3) is 5.91 Å². The molecule has 0 spiro atoms. The molecule has 1 heterocycles. The number of amides is 2. The number of nitrogens with zero attached hydrogens (tertiary/aromatic N) is 1. The summed E-state index contributed by atoms with van der Waals surface area (Å²) >= 11 is 6.01. The van der Waals surface area contributed by atoms with Gasteiger partial charge in [-0.15, -0.1) is 0 Å². The first-order chi connectivity index (χ1) is 12.1. The van der Waals surface area contributed by atoms with Crippen molar-refractivity contribution in [3.8, 4) is 5.75 Å². The van der Waals surface area contributed by atoms with Crippen LogP contribution in [0.25, 0.3) is 0 Å². The van der Waals surface area contributed by atoms with Gasteiger partial charge in [-0.2, -0.15) is 0 Å². The van der Waals surface area contributed by atoms with Gasteiger partial charge in [-0.05, 0) is 56.2 Å². The molecule has 1 N–H and O–H groups in total. The molecule has 2 aliphatic rings. The van der Waals surface area contributed by atoms with Crippen LogP contribution in [0.15, 0.2) is 18.2 Å². The number of hydrogen-bond donors (Lipinski definition) is 1. The Morgan fingerprint density at radius 1 is 1.24 bits per heavy atom. The molecule has 1 aliphatic carbocycles. The summed E-state index contributed by atoms with van der Waals surface area (Å²) in [5.41, 5.74) is 0.466. The molecule has 2 amide bonds. The Morgan fingerprint density at radius 2 is 2.04 bits per heavy atom. The second-order valence-corrected chi connectivity index (χ2v) is 7.27. The van der Waals surface area contributed by atoms with Crippen LogP contribution in [-0.2, 0) is 4.79 Å². The molecule has 0 unspecified atom stereocenters. The van der Waals surface area contributed by atoms with Crippen LogP contribution in [0.2, 0.25) is 5.02 Å². The van der Waals surface area contributed by atoms with E-state index in [0.29, 0.717) is 48.4 Å². The minimum absolute atomic E-state index is 0.168. The largest absolute Gasteiger partial charge is 0.493 e. The first-order valence-corrected chi connectivity index (χ1v) is 9.49. The van der Waals surface area contributed by atoms with Crippen molar-refractivity contribution in [2.45, 2.75) is 38.5 Å². The molecular weight excluding hydrogens is 340 g/mol. The van der Waals surface area contributed by atoms with E-state index in [-0.39, 0.29) is 11.8 Å². The highest BCUT2D eigenvalue weighted by molar-refractivity contribution is 6.31. The molecule has 0 atom stereocenters. The van der Waals surface area contributed by atoms with Crippen LogP contribution < -0.4 is 10.1 Å². The van der Waals surface area contributed by atoms with Gasteiger partial charge in [0, 0.05) is 31.1 Å². The summed E-state index contributed by atoms with van der Waals surface area (Å²) in [6.07, 6.45) is 5.54. The van der Waals surface area contributed by atoms with Crippen LogP contribution in [0.4, 0.5) is 0 Å². The van der Waals surface area contributed by atoms with Gasteiger partial charge in [0.15, 0.2) is 0 Å². The number of hydrogen-bond acceptors (Lipinski definition) is 3. The monoisotopic (exact) mass is 364 g/mol. The van der Waals surface area contributed by atoms with Crippen molar-refractivity contribution in [2.24, 2.45) is 5.92 Å². The highest BCUT2D eigenvalue weighted by Crippen LogP contribution is 2.33. The number of ether oxygens (including phenoxy) is 1. The van der Waals surface area contributed by atoms with E-state index < -0.39 is 0 Å². The molecule has 1 fully saturated rings. The predicted octanol–water partition coefficient (Wildman–Crippen LogP) is 3.26. The standard InChI is InChI=1S/C19H25ClN2O3/c20-15-6-7-17-16(13-15)19(24)21-8-1-2-9-22(10-3-11-25-17)18(23)12-14-4-5-14/h6-7,13-14H,1-5,8-12H2,(H,21,24). The van der Waals surface area contributed by atoms with Crippen LogP contribution in [0.5, 0.6) is 5.75 Å². The topological polar surface area (TPSA) is 58.6 Å². The van der Waals surface area contributed by atoms with E-state index in [1.807, 2.05) is 4.90 Å². The zero-order valence-electron chi connectivity index (χ0n) is 14.4. The molecule has 3 rings (SSSR count). The number of halogens is 1. The van der Waals surface area contributed by atoms with E-state index in [1.54, 1.807) is 18.2 Å². The SMILES string of the molecule is O=C1NCCCCN(C(=O)CC2CC2)CCCOc2ccc(Cl)cc21. The summed E-state index contributed by atoms with van der Waals surface area (Å²) < 4.78 is 5.79. The van der Waals surface area contributed by atoms with Crippen molar-refractivity contribution in [1.29, 1.82) is 0 Å². The summed E-state index contributed by atoms with van der Waals surface area (Å²) in [5.74, 6) is 1.23. The van der Waals surface area contributed by atoms with Gasteiger partial charge in [-0.25, -0.2) is 0 Å². The molecule has 1 aliphatic heterocycles. The Labute approximate surface area is 153 Å². The Morgan fingerprint density at radius 3 is 2.84 bits per heavy atom. The summed E-state index contributed by atoms with van der Waals surface area (Å²) in [6, 6.07) is 5.08. The third kappa shape index (κ3) is 5.36. The van der Waals surface area contributed by atoms with Crippen molar-refractivity contribution < 1.29 is 14.3 Å². The molecule has 1 aromatic rings. The highest BCUT2D eigenvalue weighted by Gasteiger charge is 2.26. The Hall–Kier alpha value is -1.75. The zero-order valence-corrected chi connectivity index (χ0v) is 15.2. The van der Waals surface area contributed by atoms with E-state index in [1.165, 1.54) is 12.8 Å². The Balaban J connectivity index is 1.65. The van der Waals surface area contributed by atoms with Crippen LogP contribution in [0.3, 0.4) is 0 Å². The molecule has 5 nitrogen and oxygen atoms in total. The third-order valence-corrected chi connectivity index (χ3v) is 4.90. The minimum atomic E-state index is -0.168. The molecule has 1 aromatic carbocycles. The number of fused-ring (bicyclic) bond motifs is 1. The lowest BCUT2D eigenvalue weighted by Gasteiger charge is -2.23. The van der Waals surface area contributed by atoms with Crippen LogP contribution >= 0.6 is 11.6 Å². The molecule has 136 valence electrons. The highest BCUT2D eigenvalue weighted by atomic mass is 35.5. The van der Waals surface area contributed by atoms with Crippen LogP contribution in [0.1, 0.15) is 48.9 Å². The fourth-order valence-corrected chi connectivity index (χ4v) is 3.20. The minimum Gasteiger partial charge on any atom is -0.493 e.